The number of rotatable bonds is 3. The summed E-state index contributed by atoms with van der Waals surface area (Å²) in [6.45, 7) is 0. The van der Waals surface area contributed by atoms with Crippen molar-refractivity contribution in [2.45, 2.75) is 0 Å². The minimum absolute atomic E-state index is 0.00445. The van der Waals surface area contributed by atoms with Gasteiger partial charge in [0.15, 0.2) is 5.92 Å². The predicted octanol–water partition coefficient (Wildman–Crippen LogP) is 3.19. The smallest absolute Gasteiger partial charge is 0.276 e. The molecule has 1 fully saturated rings. The summed E-state index contributed by atoms with van der Waals surface area (Å²) in [4.78, 5) is 41.3. The van der Waals surface area contributed by atoms with Gasteiger partial charge in [0, 0.05) is 10.7 Å². The Labute approximate surface area is 150 Å². The minimum atomic E-state index is -1.33. The van der Waals surface area contributed by atoms with Crippen LogP contribution in [0.4, 0.5) is 20.6 Å². The second-order valence-electron chi connectivity index (χ2n) is 5.15. The molecule has 8 heteroatoms. The molecule has 1 saturated heterocycles. The Kier molecular flexibility index (Phi) is 4.71. The lowest BCUT2D eigenvalue weighted by atomic mass is 10.1. The molecule has 0 unspecified atom stereocenters. The van der Waals surface area contributed by atoms with E-state index in [0.29, 0.717) is 5.69 Å². The topological polar surface area (TPSA) is 78.8 Å². The van der Waals surface area contributed by atoms with E-state index in [1.807, 2.05) is 0 Å². The molecular weight excluding hydrogens is 393 g/mol. The summed E-state index contributed by atoms with van der Waals surface area (Å²) in [6.07, 6.45) is 1.04. The van der Waals surface area contributed by atoms with Crippen LogP contribution in [0.15, 0.2) is 58.0 Å². The maximum atomic E-state index is 13.6. The van der Waals surface area contributed by atoms with Gasteiger partial charge >= 0.3 is 6.03 Å². The number of nitrogens with one attached hydrogen (secondary N) is 1. The summed E-state index contributed by atoms with van der Waals surface area (Å²) in [6, 6.07) is 11.3. The van der Waals surface area contributed by atoms with Crippen LogP contribution in [0, 0.1) is 11.7 Å². The fraction of sp³-hybridized carbons (Fsp3) is 0.0588. The molecule has 25 heavy (non-hydrogen) atoms. The van der Waals surface area contributed by atoms with E-state index in [9.17, 15) is 18.8 Å². The second-order valence-corrected chi connectivity index (χ2v) is 6.07. The van der Waals surface area contributed by atoms with Crippen LogP contribution in [0.2, 0.25) is 0 Å². The lowest BCUT2D eigenvalue weighted by Crippen LogP contribution is -2.58. The number of benzene rings is 2. The lowest BCUT2D eigenvalue weighted by molar-refractivity contribution is -0.131. The van der Waals surface area contributed by atoms with Gasteiger partial charge in [0.05, 0.1) is 11.4 Å². The third-order valence-corrected chi connectivity index (χ3v) is 4.03. The molecule has 1 aliphatic heterocycles. The first-order valence-electron chi connectivity index (χ1n) is 7.20. The highest BCUT2D eigenvalue weighted by atomic mass is 79.9. The molecule has 126 valence electrons. The number of carbonyl (C=O) groups excluding carboxylic acids is 3. The zero-order valence-electron chi connectivity index (χ0n) is 12.6. The van der Waals surface area contributed by atoms with Crippen molar-refractivity contribution in [3.05, 3.63) is 58.8 Å². The molecule has 1 aliphatic rings. The van der Waals surface area contributed by atoms with Crippen molar-refractivity contribution in [2.75, 3.05) is 4.90 Å². The van der Waals surface area contributed by atoms with Gasteiger partial charge in [-0.2, -0.15) is 0 Å². The molecule has 0 saturated carbocycles. The van der Waals surface area contributed by atoms with Crippen LogP contribution in [0.5, 0.6) is 0 Å². The molecule has 4 amide bonds. The number of hydrogen-bond donors (Lipinski definition) is 1. The first-order chi connectivity index (χ1) is 12.0. The predicted molar refractivity (Wildman–Crippen MR) is 93.2 cm³/mol. The number of barbiturate groups is 1. The molecule has 0 aliphatic carbocycles. The number of imide groups is 2. The Balaban J connectivity index is 1.90. The maximum Gasteiger partial charge on any atom is 0.335 e. The number of amides is 4. The van der Waals surface area contributed by atoms with Crippen LogP contribution in [0.25, 0.3) is 0 Å². The molecule has 0 aromatic heterocycles. The Morgan fingerprint density at radius 1 is 1.08 bits per heavy atom. The number of nitrogens with zero attached hydrogens (tertiary/aromatic N) is 2. The van der Waals surface area contributed by atoms with E-state index in [4.69, 9.17) is 0 Å². The SMILES string of the molecule is O=C1NC(=O)N(c2ccc(Br)cc2)C(=O)[C@@H]1C=Nc1ccccc1F. The maximum absolute atomic E-state index is 13.6. The van der Waals surface area contributed by atoms with Crippen molar-refractivity contribution in [1.29, 1.82) is 0 Å². The summed E-state index contributed by atoms with van der Waals surface area (Å²) in [5.74, 6) is -3.47. The largest absolute Gasteiger partial charge is 0.335 e. The molecule has 0 spiro atoms. The number of para-hydroxylation sites is 1. The fourth-order valence-corrected chi connectivity index (χ4v) is 2.53. The van der Waals surface area contributed by atoms with Crippen LogP contribution < -0.4 is 10.2 Å². The van der Waals surface area contributed by atoms with Gasteiger partial charge in [0.1, 0.15) is 5.82 Å². The molecule has 0 bridgehead atoms. The van der Waals surface area contributed by atoms with Crippen LogP contribution >= 0.6 is 15.9 Å². The highest BCUT2D eigenvalue weighted by molar-refractivity contribution is 9.10. The summed E-state index contributed by atoms with van der Waals surface area (Å²) in [7, 11) is 0. The summed E-state index contributed by atoms with van der Waals surface area (Å²) >= 11 is 3.26. The zero-order valence-corrected chi connectivity index (χ0v) is 14.2. The van der Waals surface area contributed by atoms with Crippen molar-refractivity contribution in [2.24, 2.45) is 10.9 Å². The molecule has 1 N–H and O–H groups in total. The van der Waals surface area contributed by atoms with Gasteiger partial charge in [-0.3, -0.25) is 19.9 Å². The van der Waals surface area contributed by atoms with Crippen molar-refractivity contribution in [3.8, 4) is 0 Å². The number of carbonyl (C=O) groups is 3. The Bertz CT molecular complexity index is 883. The van der Waals surface area contributed by atoms with Gasteiger partial charge in [-0.1, -0.05) is 28.1 Å². The third-order valence-electron chi connectivity index (χ3n) is 3.50. The molecule has 2 aromatic carbocycles. The van der Waals surface area contributed by atoms with Gasteiger partial charge in [-0.25, -0.2) is 14.1 Å². The standard InChI is InChI=1S/C17H11BrFN3O3/c18-10-5-7-11(8-6-10)22-16(24)12(15(23)21-17(22)25)9-20-14-4-2-1-3-13(14)19/h1-9,12H,(H,21,23,25)/t12-/m1/s1. The highest BCUT2D eigenvalue weighted by Crippen LogP contribution is 2.23. The molecule has 6 nitrogen and oxygen atoms in total. The Hall–Kier alpha value is -2.87. The molecule has 1 heterocycles. The quantitative estimate of drug-likeness (QED) is 0.631. The van der Waals surface area contributed by atoms with E-state index in [1.165, 1.54) is 18.2 Å². The minimum Gasteiger partial charge on any atom is -0.276 e. The van der Waals surface area contributed by atoms with Gasteiger partial charge < -0.3 is 0 Å². The average Bonchev–Trinajstić information content (AvgIpc) is 2.57. The van der Waals surface area contributed by atoms with E-state index in [-0.39, 0.29) is 5.69 Å². The fourth-order valence-electron chi connectivity index (χ4n) is 2.27. The summed E-state index contributed by atoms with van der Waals surface area (Å²) in [5.41, 5.74) is 0.303. The van der Waals surface area contributed by atoms with Gasteiger partial charge in [0.25, 0.3) is 5.91 Å². The Morgan fingerprint density at radius 2 is 1.76 bits per heavy atom. The number of aliphatic imine (C=N–C) groups is 1. The average molecular weight is 404 g/mol. The van der Waals surface area contributed by atoms with Crippen LogP contribution in [-0.2, 0) is 9.59 Å². The van der Waals surface area contributed by atoms with Crippen molar-refractivity contribution in [3.63, 3.8) is 0 Å². The molecular formula is C17H11BrFN3O3. The third kappa shape index (κ3) is 3.48. The lowest BCUT2D eigenvalue weighted by Gasteiger charge is -2.28. The van der Waals surface area contributed by atoms with Crippen LogP contribution in [0.3, 0.4) is 0 Å². The van der Waals surface area contributed by atoms with E-state index >= 15 is 0 Å². The Morgan fingerprint density at radius 3 is 2.44 bits per heavy atom. The highest BCUT2D eigenvalue weighted by Gasteiger charge is 2.40. The second kappa shape index (κ2) is 6.94. The first-order valence-corrected chi connectivity index (χ1v) is 8.00. The van der Waals surface area contributed by atoms with Crippen molar-refractivity contribution >= 4 is 51.4 Å². The zero-order chi connectivity index (χ0) is 18.0. The van der Waals surface area contributed by atoms with Crippen molar-refractivity contribution < 1.29 is 18.8 Å². The number of anilines is 1. The number of halogens is 2. The molecule has 3 rings (SSSR count). The van der Waals surface area contributed by atoms with E-state index in [0.717, 1.165) is 15.6 Å². The van der Waals surface area contributed by atoms with Gasteiger partial charge in [-0.05, 0) is 36.4 Å². The van der Waals surface area contributed by atoms with Crippen LogP contribution in [0.1, 0.15) is 0 Å². The summed E-state index contributed by atoms with van der Waals surface area (Å²) in [5, 5.41) is 2.10. The van der Waals surface area contributed by atoms with Gasteiger partial charge in [-0.15, -0.1) is 0 Å². The van der Waals surface area contributed by atoms with Crippen molar-refractivity contribution in [1.82, 2.24) is 5.32 Å². The molecule has 0 radical (unpaired) electrons. The molecule has 2 aromatic rings. The first kappa shape index (κ1) is 17.0. The monoisotopic (exact) mass is 403 g/mol. The van der Waals surface area contributed by atoms with E-state index in [1.54, 1.807) is 30.3 Å². The van der Waals surface area contributed by atoms with Crippen LogP contribution in [-0.4, -0.2) is 24.1 Å². The number of hydrogen-bond acceptors (Lipinski definition) is 4. The van der Waals surface area contributed by atoms with Gasteiger partial charge in [0.2, 0.25) is 5.91 Å². The molecule has 1 atom stereocenters. The normalized spacial score (nSPS) is 17.9. The number of urea groups is 1. The summed E-state index contributed by atoms with van der Waals surface area (Å²) < 4.78 is 14.4. The van der Waals surface area contributed by atoms with E-state index in [2.05, 4.69) is 26.2 Å². The van der Waals surface area contributed by atoms with E-state index < -0.39 is 29.6 Å².